The molecule has 0 rings (SSSR count). The summed E-state index contributed by atoms with van der Waals surface area (Å²) in [5.41, 5.74) is 0. The van der Waals surface area contributed by atoms with Gasteiger partial charge in [0.25, 0.3) is 0 Å². The van der Waals surface area contributed by atoms with Crippen LogP contribution < -0.4 is 0 Å². The van der Waals surface area contributed by atoms with E-state index in [0.717, 1.165) is 116 Å². The fraction of sp³-hybridized carbons (Fsp3) is 0.750. The lowest BCUT2D eigenvalue weighted by Crippen LogP contribution is -2.30. The minimum absolute atomic E-state index is 0.0743. The molecular weight excluding hydrogens is 1010 g/mol. The fourth-order valence-corrected chi connectivity index (χ4v) is 10.1. The van der Waals surface area contributed by atoms with Crippen molar-refractivity contribution >= 4 is 17.9 Å². The summed E-state index contributed by atoms with van der Waals surface area (Å²) in [4.78, 5) is 38.4. The molecule has 1 atom stereocenters. The van der Waals surface area contributed by atoms with Crippen molar-refractivity contribution in [1.29, 1.82) is 0 Å². The van der Waals surface area contributed by atoms with Crippen LogP contribution in [0.2, 0.25) is 0 Å². The summed E-state index contributed by atoms with van der Waals surface area (Å²) in [7, 11) is 0. The number of carbonyl (C=O) groups is 3. The number of allylic oxidation sites excluding steroid dienone is 16. The molecule has 0 aromatic rings. The Balaban J connectivity index is 4.22. The van der Waals surface area contributed by atoms with Gasteiger partial charge in [-0.25, -0.2) is 0 Å². The number of unbranched alkanes of at least 4 members (excludes halogenated alkanes) is 37. The molecule has 0 radical (unpaired) electrons. The monoisotopic (exact) mass is 1140 g/mol. The van der Waals surface area contributed by atoms with Gasteiger partial charge in [-0.1, -0.05) is 343 Å². The molecule has 0 heterocycles. The van der Waals surface area contributed by atoms with E-state index >= 15 is 0 Å². The molecule has 0 aliphatic rings. The van der Waals surface area contributed by atoms with Crippen LogP contribution in [-0.4, -0.2) is 37.2 Å². The molecule has 6 nitrogen and oxygen atoms in total. The van der Waals surface area contributed by atoms with Gasteiger partial charge >= 0.3 is 17.9 Å². The van der Waals surface area contributed by atoms with Crippen molar-refractivity contribution in [3.63, 3.8) is 0 Å². The first-order valence-corrected chi connectivity index (χ1v) is 35.2. The van der Waals surface area contributed by atoms with E-state index in [2.05, 4.69) is 118 Å². The van der Waals surface area contributed by atoms with Gasteiger partial charge in [0, 0.05) is 19.3 Å². The SMILES string of the molecule is CC/C=C\C/C=C\C/C=C\C/C=C\C/C=C\C/C=C\C/C=C\C/C=C\CCCCCCCCCCC(=O)OCC(COC(=O)CCCCCCCCCCCCC)OC(=O)CCCCCCCCCCCCCCCCCCCCCC. The Bertz CT molecular complexity index is 1590. The largest absolute Gasteiger partial charge is 0.462 e. The Morgan fingerprint density at radius 2 is 0.476 bits per heavy atom. The number of carbonyl (C=O) groups excluding carboxylic acids is 3. The molecular formula is C76H132O6. The summed E-state index contributed by atoms with van der Waals surface area (Å²) < 4.78 is 17.0. The fourth-order valence-electron chi connectivity index (χ4n) is 10.1. The molecule has 0 aromatic carbocycles. The normalized spacial score (nSPS) is 12.7. The number of esters is 3. The molecule has 472 valence electrons. The lowest BCUT2D eigenvalue weighted by Gasteiger charge is -2.18. The van der Waals surface area contributed by atoms with E-state index in [0.29, 0.717) is 19.3 Å². The van der Waals surface area contributed by atoms with Crippen molar-refractivity contribution in [2.75, 3.05) is 13.2 Å². The quantitative estimate of drug-likeness (QED) is 0.0261. The van der Waals surface area contributed by atoms with Crippen molar-refractivity contribution in [2.24, 2.45) is 0 Å². The molecule has 1 unspecified atom stereocenters. The van der Waals surface area contributed by atoms with Gasteiger partial charge in [0.05, 0.1) is 0 Å². The third kappa shape index (κ3) is 67.1. The number of hydrogen-bond donors (Lipinski definition) is 0. The van der Waals surface area contributed by atoms with Crippen LogP contribution in [0.25, 0.3) is 0 Å². The van der Waals surface area contributed by atoms with Crippen molar-refractivity contribution in [3.05, 3.63) is 97.2 Å². The highest BCUT2D eigenvalue weighted by molar-refractivity contribution is 5.71. The lowest BCUT2D eigenvalue weighted by molar-refractivity contribution is -0.167. The maximum atomic E-state index is 12.9. The Hall–Kier alpha value is -3.67. The Kier molecular flexibility index (Phi) is 66.7. The van der Waals surface area contributed by atoms with Crippen molar-refractivity contribution in [2.45, 2.75) is 354 Å². The first kappa shape index (κ1) is 78.3. The van der Waals surface area contributed by atoms with Gasteiger partial charge in [-0.05, 0) is 83.5 Å². The van der Waals surface area contributed by atoms with Crippen molar-refractivity contribution < 1.29 is 28.6 Å². The van der Waals surface area contributed by atoms with Crippen molar-refractivity contribution in [1.82, 2.24) is 0 Å². The summed E-state index contributed by atoms with van der Waals surface area (Å²) in [6.45, 7) is 6.56. The number of ether oxygens (including phenoxy) is 3. The highest BCUT2D eigenvalue weighted by atomic mass is 16.6. The molecule has 0 N–H and O–H groups in total. The van der Waals surface area contributed by atoms with Gasteiger partial charge in [0.1, 0.15) is 13.2 Å². The Labute approximate surface area is 508 Å². The molecule has 0 saturated carbocycles. The van der Waals surface area contributed by atoms with Gasteiger partial charge in [-0.15, -0.1) is 0 Å². The van der Waals surface area contributed by atoms with Crippen LogP contribution in [0, 0.1) is 0 Å². The van der Waals surface area contributed by atoms with E-state index in [1.165, 1.54) is 193 Å². The average Bonchev–Trinajstić information content (AvgIpc) is 3.47. The summed E-state index contributed by atoms with van der Waals surface area (Å²) in [6.07, 6.45) is 94.3. The highest BCUT2D eigenvalue weighted by Crippen LogP contribution is 2.18. The minimum atomic E-state index is -0.778. The van der Waals surface area contributed by atoms with E-state index < -0.39 is 6.10 Å². The van der Waals surface area contributed by atoms with E-state index in [4.69, 9.17) is 14.2 Å². The molecule has 0 aliphatic carbocycles. The van der Waals surface area contributed by atoms with E-state index in [9.17, 15) is 14.4 Å². The summed E-state index contributed by atoms with van der Waals surface area (Å²) in [6, 6.07) is 0. The van der Waals surface area contributed by atoms with Crippen LogP contribution in [0.15, 0.2) is 97.2 Å². The zero-order valence-electron chi connectivity index (χ0n) is 54.2. The van der Waals surface area contributed by atoms with Crippen LogP contribution >= 0.6 is 0 Å². The molecule has 0 aliphatic heterocycles. The van der Waals surface area contributed by atoms with Gasteiger partial charge in [0.15, 0.2) is 6.10 Å². The number of rotatable bonds is 64. The van der Waals surface area contributed by atoms with Gasteiger partial charge < -0.3 is 14.2 Å². The minimum Gasteiger partial charge on any atom is -0.462 e. The molecule has 0 amide bonds. The highest BCUT2D eigenvalue weighted by Gasteiger charge is 2.19. The zero-order valence-corrected chi connectivity index (χ0v) is 54.2. The molecule has 0 spiro atoms. The Morgan fingerprint density at radius 3 is 0.744 bits per heavy atom. The molecule has 0 saturated heterocycles. The standard InChI is InChI=1S/C76H132O6/c1-4-7-10-13-16-19-22-24-26-28-30-32-33-34-35-36-37-38-39-40-41-42-43-44-46-47-49-51-54-57-60-63-66-69-75(78)81-72-73(71-80-74(77)68-65-62-59-56-53-21-18-15-12-9-6-3)82-76(79)70-67-64-61-58-55-52-50-48-45-31-29-27-25-23-20-17-14-11-8-5-2/h7,10,16,19,24,26,30,32,34-35,37-38,40-41,43-44,73H,4-6,8-9,11-15,17-18,20-23,25,27-29,31,33,36,39,42,45-72H2,1-3H3/b10-7-,19-16-,26-24-,32-30-,35-34-,38-37-,41-40-,44-43-. The van der Waals surface area contributed by atoms with Crippen LogP contribution in [0.5, 0.6) is 0 Å². The molecule has 0 fully saturated rings. The van der Waals surface area contributed by atoms with Gasteiger partial charge in [-0.2, -0.15) is 0 Å². The third-order valence-corrected chi connectivity index (χ3v) is 15.4. The summed E-state index contributed by atoms with van der Waals surface area (Å²) >= 11 is 0. The van der Waals surface area contributed by atoms with Gasteiger partial charge in [-0.3, -0.25) is 14.4 Å². The van der Waals surface area contributed by atoms with Crippen LogP contribution in [-0.2, 0) is 28.6 Å². The summed E-state index contributed by atoms with van der Waals surface area (Å²) in [5.74, 6) is -0.866. The molecule has 82 heavy (non-hydrogen) atoms. The average molecular weight is 1140 g/mol. The van der Waals surface area contributed by atoms with Crippen LogP contribution in [0.1, 0.15) is 348 Å². The predicted octanol–water partition coefficient (Wildman–Crippen LogP) is 24.4. The van der Waals surface area contributed by atoms with Crippen molar-refractivity contribution in [3.8, 4) is 0 Å². The van der Waals surface area contributed by atoms with E-state index in [-0.39, 0.29) is 31.1 Å². The van der Waals surface area contributed by atoms with E-state index in [1.54, 1.807) is 0 Å². The molecule has 0 bridgehead atoms. The lowest BCUT2D eigenvalue weighted by atomic mass is 10.0. The second-order valence-corrected chi connectivity index (χ2v) is 23.4. The number of hydrogen-bond acceptors (Lipinski definition) is 6. The Morgan fingerprint density at radius 1 is 0.256 bits per heavy atom. The smallest absolute Gasteiger partial charge is 0.306 e. The van der Waals surface area contributed by atoms with Gasteiger partial charge in [0.2, 0.25) is 0 Å². The topological polar surface area (TPSA) is 78.9 Å². The molecule has 6 heteroatoms. The maximum Gasteiger partial charge on any atom is 0.306 e. The second kappa shape index (κ2) is 69.8. The predicted molar refractivity (Wildman–Crippen MR) is 357 cm³/mol. The molecule has 0 aromatic heterocycles. The van der Waals surface area contributed by atoms with Crippen LogP contribution in [0.3, 0.4) is 0 Å². The first-order valence-electron chi connectivity index (χ1n) is 35.2. The third-order valence-electron chi connectivity index (χ3n) is 15.4. The first-order chi connectivity index (χ1) is 40.5. The summed E-state index contributed by atoms with van der Waals surface area (Å²) in [5, 5.41) is 0. The van der Waals surface area contributed by atoms with E-state index in [1.807, 2.05) is 0 Å². The zero-order chi connectivity index (χ0) is 59.2. The second-order valence-electron chi connectivity index (χ2n) is 23.4. The maximum absolute atomic E-state index is 12.9. The van der Waals surface area contributed by atoms with Crippen LogP contribution in [0.4, 0.5) is 0 Å².